The average Bonchev–Trinajstić information content (AvgIpc) is 2.96. The monoisotopic (exact) mass is 617 g/mol. The van der Waals surface area contributed by atoms with E-state index < -0.39 is 17.1 Å². The quantitative estimate of drug-likeness (QED) is 0.131. The zero-order valence-corrected chi connectivity index (χ0v) is 25.5. The van der Waals surface area contributed by atoms with Crippen LogP contribution >= 0.6 is 35.0 Å². The van der Waals surface area contributed by atoms with Crippen LogP contribution in [0.15, 0.2) is 102 Å². The molecule has 1 unspecified atom stereocenters. The third-order valence-corrected chi connectivity index (χ3v) is 7.86. The summed E-state index contributed by atoms with van der Waals surface area (Å²) in [5, 5.41) is 8.90. The number of carbonyl (C=O) groups excluding carboxylic acids is 3. The molecule has 4 rings (SSSR count). The van der Waals surface area contributed by atoms with E-state index in [4.69, 9.17) is 23.2 Å². The summed E-state index contributed by atoms with van der Waals surface area (Å²) in [4.78, 5) is 40.0. The van der Waals surface area contributed by atoms with E-state index in [-0.39, 0.29) is 11.6 Å². The molecule has 0 aliphatic carbocycles. The fraction of sp³-hybridized carbons (Fsp3) is 0.121. The maximum atomic E-state index is 13.4. The van der Waals surface area contributed by atoms with E-state index in [1.807, 2.05) is 45.0 Å². The van der Waals surface area contributed by atoms with Gasteiger partial charge < -0.3 is 16.0 Å². The lowest BCUT2D eigenvalue weighted by Crippen LogP contribution is -2.30. The molecule has 0 saturated heterocycles. The molecule has 0 heterocycles. The average molecular weight is 619 g/mol. The van der Waals surface area contributed by atoms with E-state index in [2.05, 4.69) is 16.0 Å². The largest absolute Gasteiger partial charge is 0.325 e. The van der Waals surface area contributed by atoms with Gasteiger partial charge in [0.15, 0.2) is 0 Å². The lowest BCUT2D eigenvalue weighted by molar-refractivity contribution is -0.115. The molecule has 9 heteroatoms. The van der Waals surface area contributed by atoms with Crippen LogP contribution in [0.2, 0.25) is 10.0 Å². The van der Waals surface area contributed by atoms with Gasteiger partial charge in [0.2, 0.25) is 5.91 Å². The molecular formula is C33H29Cl2N3O3S. The van der Waals surface area contributed by atoms with Crippen molar-refractivity contribution in [3.63, 3.8) is 0 Å². The summed E-state index contributed by atoms with van der Waals surface area (Å²) in [6, 6.07) is 26.5. The Hall–Kier alpha value is -4.04. The number of halogens is 2. The molecule has 0 fully saturated rings. The second-order valence-electron chi connectivity index (χ2n) is 9.59. The van der Waals surface area contributed by atoms with Gasteiger partial charge in [0.1, 0.15) is 5.70 Å². The number of hydrogen-bond acceptors (Lipinski definition) is 4. The number of benzene rings is 4. The highest BCUT2D eigenvalue weighted by atomic mass is 35.5. The molecule has 214 valence electrons. The van der Waals surface area contributed by atoms with Crippen molar-refractivity contribution in [3.05, 3.63) is 129 Å². The van der Waals surface area contributed by atoms with Crippen molar-refractivity contribution in [2.75, 3.05) is 10.6 Å². The van der Waals surface area contributed by atoms with Gasteiger partial charge in [-0.1, -0.05) is 71.2 Å². The van der Waals surface area contributed by atoms with Crippen LogP contribution < -0.4 is 16.0 Å². The normalized spacial score (nSPS) is 11.9. The Morgan fingerprint density at radius 2 is 1.60 bits per heavy atom. The molecule has 6 nitrogen and oxygen atoms in total. The topological polar surface area (TPSA) is 87.3 Å². The fourth-order valence-corrected chi connectivity index (χ4v) is 5.40. The molecule has 0 bridgehead atoms. The second kappa shape index (κ2) is 14.2. The van der Waals surface area contributed by atoms with Crippen molar-refractivity contribution < 1.29 is 14.4 Å². The smallest absolute Gasteiger partial charge is 0.272 e. The van der Waals surface area contributed by atoms with Crippen LogP contribution in [0.1, 0.15) is 34.0 Å². The minimum absolute atomic E-state index is 0.00709. The zero-order chi connectivity index (χ0) is 30.2. The molecule has 0 saturated carbocycles. The van der Waals surface area contributed by atoms with Gasteiger partial charge in [-0.15, -0.1) is 11.8 Å². The molecule has 3 N–H and O–H groups in total. The first-order chi connectivity index (χ1) is 20.1. The molecule has 4 aromatic rings. The number of thioether (sulfide) groups is 1. The highest BCUT2D eigenvalue weighted by molar-refractivity contribution is 8.00. The molecule has 42 heavy (non-hydrogen) atoms. The molecule has 1 atom stereocenters. The Bertz CT molecular complexity index is 1660. The summed E-state index contributed by atoms with van der Waals surface area (Å²) < 4.78 is 0. The van der Waals surface area contributed by atoms with Gasteiger partial charge in [-0.2, -0.15) is 0 Å². The van der Waals surface area contributed by atoms with Gasteiger partial charge in [0.25, 0.3) is 11.8 Å². The van der Waals surface area contributed by atoms with Gasteiger partial charge >= 0.3 is 0 Å². The third-order valence-electron chi connectivity index (χ3n) is 6.20. The molecule has 0 radical (unpaired) electrons. The van der Waals surface area contributed by atoms with E-state index in [0.717, 1.165) is 21.7 Å². The van der Waals surface area contributed by atoms with Gasteiger partial charge in [-0.05, 0) is 86.5 Å². The molecule has 3 amide bonds. The fourth-order valence-electron chi connectivity index (χ4n) is 4.01. The Balaban J connectivity index is 1.50. The number of hydrogen-bond donors (Lipinski definition) is 3. The first-order valence-corrected chi connectivity index (χ1v) is 14.7. The van der Waals surface area contributed by atoms with Gasteiger partial charge in [0.05, 0.1) is 5.25 Å². The van der Waals surface area contributed by atoms with E-state index in [1.54, 1.807) is 66.7 Å². The molecule has 0 aliphatic heterocycles. The van der Waals surface area contributed by atoms with Crippen LogP contribution in [0.3, 0.4) is 0 Å². The lowest BCUT2D eigenvalue weighted by Gasteiger charge is -2.15. The standard InChI is InChI=1S/C33H29Cl2N3O3S/c1-20-12-15-29(21(2)16-20)37-31(39)22(3)42-27-11-7-10-26(19-27)36-33(41)30(17-24-13-14-25(34)18-28(24)35)38-32(40)23-8-5-4-6-9-23/h4-19,22H,1-3H3,(H,36,41)(H,37,39)(H,38,40)/b30-17+. The Kier molecular flexibility index (Phi) is 10.5. The summed E-state index contributed by atoms with van der Waals surface area (Å²) >= 11 is 13.7. The number of rotatable bonds is 9. The minimum Gasteiger partial charge on any atom is -0.325 e. The Labute approximate surface area is 259 Å². The van der Waals surface area contributed by atoms with E-state index >= 15 is 0 Å². The Morgan fingerprint density at radius 3 is 2.31 bits per heavy atom. The van der Waals surface area contributed by atoms with Crippen molar-refractivity contribution in [1.29, 1.82) is 0 Å². The minimum atomic E-state index is -0.548. The van der Waals surface area contributed by atoms with Crippen molar-refractivity contribution in [2.24, 2.45) is 0 Å². The molecule has 0 aliphatic rings. The summed E-state index contributed by atoms with van der Waals surface area (Å²) in [6.45, 7) is 5.79. The van der Waals surface area contributed by atoms with Crippen LogP contribution in [0.25, 0.3) is 6.08 Å². The van der Waals surface area contributed by atoms with Gasteiger partial charge in [0, 0.05) is 31.9 Å². The predicted octanol–water partition coefficient (Wildman–Crippen LogP) is 8.14. The summed E-state index contributed by atoms with van der Waals surface area (Å²) in [7, 11) is 0. The Morgan fingerprint density at radius 1 is 0.833 bits per heavy atom. The summed E-state index contributed by atoms with van der Waals surface area (Å²) in [6.07, 6.45) is 1.49. The first-order valence-electron chi connectivity index (χ1n) is 13.1. The maximum Gasteiger partial charge on any atom is 0.272 e. The van der Waals surface area contributed by atoms with Crippen LogP contribution in [0, 0.1) is 13.8 Å². The van der Waals surface area contributed by atoms with E-state index in [9.17, 15) is 14.4 Å². The van der Waals surface area contributed by atoms with Crippen molar-refractivity contribution in [3.8, 4) is 0 Å². The van der Waals surface area contributed by atoms with E-state index in [0.29, 0.717) is 26.9 Å². The molecule has 4 aromatic carbocycles. The van der Waals surface area contributed by atoms with Crippen LogP contribution in [-0.4, -0.2) is 23.0 Å². The van der Waals surface area contributed by atoms with Crippen LogP contribution in [0.5, 0.6) is 0 Å². The summed E-state index contributed by atoms with van der Waals surface area (Å²) in [5.41, 5.74) is 4.28. The SMILES string of the molecule is Cc1ccc(NC(=O)C(C)Sc2cccc(NC(=O)/C(=C\c3ccc(Cl)cc3Cl)NC(=O)c3ccccc3)c2)c(C)c1. The van der Waals surface area contributed by atoms with Crippen LogP contribution in [-0.2, 0) is 9.59 Å². The van der Waals surface area contributed by atoms with Crippen molar-refractivity contribution >= 4 is 70.1 Å². The van der Waals surface area contributed by atoms with Crippen molar-refractivity contribution in [1.82, 2.24) is 5.32 Å². The molecule has 0 aromatic heterocycles. The highest BCUT2D eigenvalue weighted by Crippen LogP contribution is 2.28. The number of nitrogens with one attached hydrogen (secondary N) is 3. The predicted molar refractivity (Wildman–Crippen MR) is 173 cm³/mol. The van der Waals surface area contributed by atoms with E-state index in [1.165, 1.54) is 17.8 Å². The molecular weight excluding hydrogens is 589 g/mol. The maximum absolute atomic E-state index is 13.4. The zero-order valence-electron chi connectivity index (χ0n) is 23.2. The molecule has 0 spiro atoms. The third kappa shape index (κ3) is 8.49. The first kappa shape index (κ1) is 30.9. The van der Waals surface area contributed by atoms with Gasteiger partial charge in [-0.25, -0.2) is 0 Å². The second-order valence-corrected chi connectivity index (χ2v) is 11.9. The van der Waals surface area contributed by atoms with Crippen LogP contribution in [0.4, 0.5) is 11.4 Å². The summed E-state index contributed by atoms with van der Waals surface area (Å²) in [5.74, 6) is -1.13. The van der Waals surface area contributed by atoms with Crippen molar-refractivity contribution in [2.45, 2.75) is 30.9 Å². The number of carbonyl (C=O) groups is 3. The lowest BCUT2D eigenvalue weighted by atomic mass is 10.1. The highest BCUT2D eigenvalue weighted by Gasteiger charge is 2.18. The number of amides is 3. The van der Waals surface area contributed by atoms with Gasteiger partial charge in [-0.3, -0.25) is 14.4 Å². The number of anilines is 2. The number of aryl methyl sites for hydroxylation is 2.